The van der Waals surface area contributed by atoms with Gasteiger partial charge in [-0.05, 0) is 32.5 Å². The van der Waals surface area contributed by atoms with Gasteiger partial charge in [0.25, 0.3) is 0 Å². The van der Waals surface area contributed by atoms with Gasteiger partial charge in [-0.1, -0.05) is 18.2 Å². The highest BCUT2D eigenvalue weighted by atomic mass is 15.1. The summed E-state index contributed by atoms with van der Waals surface area (Å²) in [5, 5.41) is 1.33. The molecule has 18 heavy (non-hydrogen) atoms. The molecule has 98 valence electrons. The van der Waals surface area contributed by atoms with Crippen LogP contribution in [0.2, 0.25) is 0 Å². The summed E-state index contributed by atoms with van der Waals surface area (Å²) in [6.07, 6.45) is 2.21. The van der Waals surface area contributed by atoms with E-state index in [-0.39, 0.29) is 5.54 Å². The van der Waals surface area contributed by atoms with Gasteiger partial charge in [0.1, 0.15) is 0 Å². The Morgan fingerprint density at radius 2 is 1.94 bits per heavy atom. The van der Waals surface area contributed by atoms with E-state index >= 15 is 0 Å². The molecule has 1 heterocycles. The van der Waals surface area contributed by atoms with E-state index in [0.29, 0.717) is 0 Å². The fourth-order valence-corrected chi connectivity index (χ4v) is 2.59. The molecule has 0 bridgehead atoms. The van der Waals surface area contributed by atoms with E-state index in [4.69, 9.17) is 5.73 Å². The number of nitrogens with zero attached hydrogens (tertiary/aromatic N) is 2. The van der Waals surface area contributed by atoms with Gasteiger partial charge in [-0.3, -0.25) is 0 Å². The number of para-hydroxylation sites is 1. The smallest absolute Gasteiger partial charge is 0.0481 e. The van der Waals surface area contributed by atoms with Crippen molar-refractivity contribution < 1.29 is 0 Å². The third kappa shape index (κ3) is 2.92. The Morgan fingerprint density at radius 1 is 1.28 bits per heavy atom. The topological polar surface area (TPSA) is 34.2 Å². The number of nitrogens with two attached hydrogens (primary N) is 1. The fraction of sp³-hybridized carbons (Fsp3) is 0.467. The molecule has 3 heteroatoms. The molecular formula is C15H23N3. The molecule has 1 aromatic heterocycles. The molecule has 0 aliphatic carbocycles. The minimum absolute atomic E-state index is 0.153. The molecule has 0 fully saturated rings. The van der Waals surface area contributed by atoms with E-state index in [1.54, 1.807) is 0 Å². The lowest BCUT2D eigenvalue weighted by Gasteiger charge is -2.26. The summed E-state index contributed by atoms with van der Waals surface area (Å²) in [6.45, 7) is 5.94. The van der Waals surface area contributed by atoms with Crippen LogP contribution in [0.3, 0.4) is 0 Å². The van der Waals surface area contributed by atoms with Crippen LogP contribution in [0.5, 0.6) is 0 Å². The van der Waals surface area contributed by atoms with Crippen molar-refractivity contribution in [3.05, 3.63) is 36.0 Å². The molecule has 2 N–H and O–H groups in total. The number of likely N-dealkylation sites (N-methyl/N-ethyl adjacent to an activating group) is 1. The predicted octanol–water partition coefficient (Wildman–Crippen LogP) is 2.35. The van der Waals surface area contributed by atoms with Crippen molar-refractivity contribution in [3.63, 3.8) is 0 Å². The number of aryl methyl sites for hydroxylation is 1. The van der Waals surface area contributed by atoms with Crippen LogP contribution in [0.4, 0.5) is 0 Å². The normalized spacial score (nSPS) is 12.6. The Hall–Kier alpha value is -1.32. The highest BCUT2D eigenvalue weighted by molar-refractivity contribution is 5.83. The first-order chi connectivity index (χ1) is 8.37. The molecule has 0 aliphatic heterocycles. The van der Waals surface area contributed by atoms with Crippen LogP contribution in [-0.2, 0) is 13.6 Å². The van der Waals surface area contributed by atoms with Crippen molar-refractivity contribution in [2.24, 2.45) is 12.8 Å². The lowest BCUT2D eigenvalue weighted by atomic mass is 10.1. The van der Waals surface area contributed by atoms with Crippen molar-refractivity contribution in [1.29, 1.82) is 0 Å². The van der Waals surface area contributed by atoms with E-state index in [0.717, 1.165) is 13.1 Å². The van der Waals surface area contributed by atoms with Crippen LogP contribution in [0.25, 0.3) is 10.9 Å². The van der Waals surface area contributed by atoms with Gasteiger partial charge < -0.3 is 15.2 Å². The highest BCUT2D eigenvalue weighted by Gasteiger charge is 2.15. The molecule has 0 saturated carbocycles. The molecule has 3 nitrogen and oxygen atoms in total. The Morgan fingerprint density at radius 3 is 2.61 bits per heavy atom. The van der Waals surface area contributed by atoms with Crippen molar-refractivity contribution in [1.82, 2.24) is 9.47 Å². The first-order valence-corrected chi connectivity index (χ1v) is 6.37. The minimum atomic E-state index is -0.153. The second-order valence-corrected chi connectivity index (χ2v) is 5.94. The molecule has 0 amide bonds. The largest absolute Gasteiger partial charge is 0.350 e. The Bertz CT molecular complexity index is 534. The third-order valence-electron chi connectivity index (χ3n) is 3.10. The second-order valence-electron chi connectivity index (χ2n) is 5.94. The Labute approximate surface area is 109 Å². The van der Waals surface area contributed by atoms with E-state index in [1.807, 2.05) is 0 Å². The average Bonchev–Trinajstić information content (AvgIpc) is 2.54. The minimum Gasteiger partial charge on any atom is -0.350 e. The number of hydrogen-bond acceptors (Lipinski definition) is 2. The molecule has 0 unspecified atom stereocenters. The summed E-state index contributed by atoms with van der Waals surface area (Å²) in [5.74, 6) is 0. The van der Waals surface area contributed by atoms with Gasteiger partial charge in [-0.15, -0.1) is 0 Å². The fourth-order valence-electron chi connectivity index (χ4n) is 2.59. The van der Waals surface area contributed by atoms with E-state index in [2.05, 4.69) is 67.9 Å². The maximum Gasteiger partial charge on any atom is 0.0481 e. The number of aromatic nitrogens is 1. The third-order valence-corrected chi connectivity index (χ3v) is 3.10. The van der Waals surface area contributed by atoms with E-state index in [1.165, 1.54) is 16.5 Å². The summed E-state index contributed by atoms with van der Waals surface area (Å²) in [5.41, 5.74) is 8.55. The molecule has 0 aliphatic rings. The Kier molecular flexibility index (Phi) is 3.46. The predicted molar refractivity (Wildman–Crippen MR) is 77.5 cm³/mol. The number of benzene rings is 1. The van der Waals surface area contributed by atoms with Gasteiger partial charge in [0.05, 0.1) is 0 Å². The van der Waals surface area contributed by atoms with Gasteiger partial charge in [-0.2, -0.15) is 0 Å². The summed E-state index contributed by atoms with van der Waals surface area (Å²) in [4.78, 5) is 2.28. The summed E-state index contributed by atoms with van der Waals surface area (Å²) >= 11 is 0. The first-order valence-electron chi connectivity index (χ1n) is 6.37. The van der Waals surface area contributed by atoms with Crippen molar-refractivity contribution in [2.75, 3.05) is 13.6 Å². The second kappa shape index (κ2) is 4.75. The maximum absolute atomic E-state index is 6.06. The molecular weight excluding hydrogens is 222 g/mol. The molecule has 0 radical (unpaired) electrons. The van der Waals surface area contributed by atoms with Crippen molar-refractivity contribution in [3.8, 4) is 0 Å². The van der Waals surface area contributed by atoms with Crippen LogP contribution in [0.15, 0.2) is 30.5 Å². The van der Waals surface area contributed by atoms with Gasteiger partial charge in [0, 0.05) is 42.8 Å². The molecule has 0 saturated heterocycles. The quantitative estimate of drug-likeness (QED) is 0.897. The molecule has 2 aromatic rings. The van der Waals surface area contributed by atoms with Crippen LogP contribution in [0, 0.1) is 0 Å². The molecule has 1 aromatic carbocycles. The molecule has 0 atom stereocenters. The van der Waals surface area contributed by atoms with Crippen molar-refractivity contribution >= 4 is 10.9 Å². The van der Waals surface area contributed by atoms with Gasteiger partial charge in [0.15, 0.2) is 0 Å². The standard InChI is InChI=1S/C15H23N3/c1-15(2,16)11-17(3)9-12-10-18(4)14-8-6-5-7-13(12)14/h5-8,10H,9,11,16H2,1-4H3. The van der Waals surface area contributed by atoms with Gasteiger partial charge in [-0.25, -0.2) is 0 Å². The Balaban J connectivity index is 2.22. The van der Waals surface area contributed by atoms with Gasteiger partial charge >= 0.3 is 0 Å². The zero-order valence-electron chi connectivity index (χ0n) is 11.8. The highest BCUT2D eigenvalue weighted by Crippen LogP contribution is 2.21. The SMILES string of the molecule is CN(Cc1cn(C)c2ccccc12)CC(C)(C)N. The molecule has 2 rings (SSSR count). The zero-order chi connectivity index (χ0) is 13.3. The summed E-state index contributed by atoms with van der Waals surface area (Å²) in [6, 6.07) is 8.52. The summed E-state index contributed by atoms with van der Waals surface area (Å²) in [7, 11) is 4.22. The zero-order valence-corrected chi connectivity index (χ0v) is 11.8. The van der Waals surface area contributed by atoms with E-state index in [9.17, 15) is 0 Å². The van der Waals surface area contributed by atoms with Gasteiger partial charge in [0.2, 0.25) is 0 Å². The van der Waals surface area contributed by atoms with Crippen LogP contribution in [0.1, 0.15) is 19.4 Å². The monoisotopic (exact) mass is 245 g/mol. The van der Waals surface area contributed by atoms with E-state index < -0.39 is 0 Å². The van der Waals surface area contributed by atoms with Crippen LogP contribution in [-0.4, -0.2) is 28.6 Å². The maximum atomic E-state index is 6.06. The first kappa shape index (κ1) is 13.1. The lowest BCUT2D eigenvalue weighted by molar-refractivity contribution is 0.264. The number of rotatable bonds is 4. The van der Waals surface area contributed by atoms with Crippen molar-refractivity contribution in [2.45, 2.75) is 25.9 Å². The average molecular weight is 245 g/mol. The summed E-state index contributed by atoms with van der Waals surface area (Å²) < 4.78 is 2.19. The van der Waals surface area contributed by atoms with Crippen LogP contribution < -0.4 is 5.73 Å². The number of fused-ring (bicyclic) bond motifs is 1. The number of hydrogen-bond donors (Lipinski definition) is 1. The molecule has 0 spiro atoms. The lowest BCUT2D eigenvalue weighted by Crippen LogP contribution is -2.43. The van der Waals surface area contributed by atoms with Crippen LogP contribution >= 0.6 is 0 Å².